The molecule has 0 radical (unpaired) electrons. The molecular formula is C17H17NO2. The maximum Gasteiger partial charge on any atom is 0.223 e. The Kier molecular flexibility index (Phi) is 3.26. The second kappa shape index (κ2) is 5.08. The van der Waals surface area contributed by atoms with Crippen LogP contribution in [0.1, 0.15) is 29.9 Å². The smallest absolute Gasteiger partial charge is 0.223 e. The molecule has 0 heterocycles. The van der Waals surface area contributed by atoms with Crippen LogP contribution in [-0.4, -0.2) is 11.0 Å². The fraction of sp³-hybridized carbons (Fsp3) is 0.294. The molecule has 3 nitrogen and oxygen atoms in total. The van der Waals surface area contributed by atoms with E-state index in [0.717, 1.165) is 5.56 Å². The Labute approximate surface area is 118 Å². The fourth-order valence-corrected chi connectivity index (χ4v) is 3.52. The zero-order valence-electron chi connectivity index (χ0n) is 11.3. The van der Waals surface area contributed by atoms with Crippen LogP contribution in [0, 0.1) is 16.0 Å². The van der Waals surface area contributed by atoms with Gasteiger partial charge in [-0.05, 0) is 11.1 Å². The van der Waals surface area contributed by atoms with Crippen LogP contribution in [0.25, 0.3) is 0 Å². The van der Waals surface area contributed by atoms with Crippen molar-refractivity contribution in [1.82, 2.24) is 0 Å². The van der Waals surface area contributed by atoms with Crippen molar-refractivity contribution in [2.45, 2.75) is 24.8 Å². The van der Waals surface area contributed by atoms with E-state index in [1.54, 1.807) is 0 Å². The molecule has 1 fully saturated rings. The lowest BCUT2D eigenvalue weighted by molar-refractivity contribution is -0.553. The summed E-state index contributed by atoms with van der Waals surface area (Å²) >= 11 is 0. The average molecular weight is 267 g/mol. The molecule has 2 unspecified atom stereocenters. The van der Waals surface area contributed by atoms with Gasteiger partial charge in [-0.15, -0.1) is 0 Å². The van der Waals surface area contributed by atoms with Gasteiger partial charge >= 0.3 is 0 Å². The zero-order valence-corrected chi connectivity index (χ0v) is 11.3. The second-order valence-corrected chi connectivity index (χ2v) is 5.51. The van der Waals surface area contributed by atoms with Gasteiger partial charge in [0.15, 0.2) is 0 Å². The molecule has 2 aromatic rings. The van der Waals surface area contributed by atoms with Gasteiger partial charge in [0, 0.05) is 16.8 Å². The van der Waals surface area contributed by atoms with E-state index in [2.05, 4.69) is 12.1 Å². The lowest BCUT2D eigenvalue weighted by atomic mass is 9.57. The van der Waals surface area contributed by atoms with Gasteiger partial charge < -0.3 is 0 Å². The highest BCUT2D eigenvalue weighted by atomic mass is 16.6. The van der Waals surface area contributed by atoms with Gasteiger partial charge in [0.1, 0.15) is 0 Å². The van der Waals surface area contributed by atoms with E-state index < -0.39 is 6.04 Å². The molecule has 3 heteroatoms. The standard InChI is InChI=1S/C17H17NO2/c1-12-15(13-8-4-2-5-9-13)16(17(12)18(19)20)14-10-6-3-7-11-14/h2-12,15-17H,1H3/t12?,15?,16-,17-/m1/s1. The first kappa shape index (κ1) is 12.9. The first-order valence-corrected chi connectivity index (χ1v) is 6.93. The van der Waals surface area contributed by atoms with Crippen LogP contribution in [0.2, 0.25) is 0 Å². The first-order chi connectivity index (χ1) is 9.70. The molecule has 1 saturated carbocycles. The molecule has 0 aromatic heterocycles. The third kappa shape index (κ3) is 1.99. The minimum atomic E-state index is -0.484. The minimum absolute atomic E-state index is 0.0244. The molecule has 0 N–H and O–H groups in total. The van der Waals surface area contributed by atoms with E-state index in [-0.39, 0.29) is 22.7 Å². The summed E-state index contributed by atoms with van der Waals surface area (Å²) in [6.07, 6.45) is 0. The summed E-state index contributed by atoms with van der Waals surface area (Å²) in [6, 6.07) is 19.5. The summed E-state index contributed by atoms with van der Waals surface area (Å²) in [6.45, 7) is 1.99. The maximum atomic E-state index is 11.4. The van der Waals surface area contributed by atoms with Gasteiger partial charge in [0.05, 0.1) is 5.92 Å². The SMILES string of the molecule is CC1C(c2ccccc2)[C@@H](c2ccccc2)[C@@H]1[N+](=O)[O-]. The van der Waals surface area contributed by atoms with E-state index >= 15 is 0 Å². The summed E-state index contributed by atoms with van der Waals surface area (Å²) in [5.41, 5.74) is 2.27. The van der Waals surface area contributed by atoms with E-state index in [1.165, 1.54) is 5.56 Å². The molecule has 0 aliphatic heterocycles. The van der Waals surface area contributed by atoms with Gasteiger partial charge in [0.25, 0.3) is 0 Å². The van der Waals surface area contributed by atoms with E-state index in [9.17, 15) is 10.1 Å². The van der Waals surface area contributed by atoms with Gasteiger partial charge in [-0.2, -0.15) is 0 Å². The maximum absolute atomic E-state index is 11.4. The molecule has 0 spiro atoms. The Morgan fingerprint density at radius 3 is 1.75 bits per heavy atom. The van der Waals surface area contributed by atoms with Crippen LogP contribution in [-0.2, 0) is 0 Å². The lowest BCUT2D eigenvalue weighted by Gasteiger charge is -2.45. The Hall–Kier alpha value is -2.16. The second-order valence-electron chi connectivity index (χ2n) is 5.51. The highest BCUT2D eigenvalue weighted by Crippen LogP contribution is 2.54. The quantitative estimate of drug-likeness (QED) is 0.626. The van der Waals surface area contributed by atoms with Crippen LogP contribution in [0.5, 0.6) is 0 Å². The zero-order chi connectivity index (χ0) is 14.1. The van der Waals surface area contributed by atoms with Gasteiger partial charge in [-0.3, -0.25) is 10.1 Å². The third-order valence-electron chi connectivity index (χ3n) is 4.47. The number of hydrogen-bond acceptors (Lipinski definition) is 2. The minimum Gasteiger partial charge on any atom is -0.264 e. The van der Waals surface area contributed by atoms with Crippen LogP contribution >= 0.6 is 0 Å². The fourth-order valence-electron chi connectivity index (χ4n) is 3.52. The molecule has 20 heavy (non-hydrogen) atoms. The average Bonchev–Trinajstić information content (AvgIpc) is 2.46. The summed E-state index contributed by atoms with van der Waals surface area (Å²) < 4.78 is 0. The van der Waals surface area contributed by atoms with Crippen molar-refractivity contribution in [2.75, 3.05) is 0 Å². The summed E-state index contributed by atoms with van der Waals surface area (Å²) in [7, 11) is 0. The third-order valence-corrected chi connectivity index (χ3v) is 4.47. The first-order valence-electron chi connectivity index (χ1n) is 6.93. The number of nitro groups is 1. The largest absolute Gasteiger partial charge is 0.264 e. The highest BCUT2D eigenvalue weighted by Gasteiger charge is 2.56. The Morgan fingerprint density at radius 2 is 1.30 bits per heavy atom. The molecule has 0 saturated heterocycles. The van der Waals surface area contributed by atoms with E-state index in [4.69, 9.17) is 0 Å². The molecule has 4 atom stereocenters. The Balaban J connectivity index is 1.99. The van der Waals surface area contributed by atoms with E-state index in [1.807, 2.05) is 55.5 Å². The van der Waals surface area contributed by atoms with Crippen LogP contribution in [0.15, 0.2) is 60.7 Å². The lowest BCUT2D eigenvalue weighted by Crippen LogP contribution is -2.50. The van der Waals surface area contributed by atoms with Crippen molar-refractivity contribution in [2.24, 2.45) is 5.92 Å². The molecular weight excluding hydrogens is 250 g/mol. The van der Waals surface area contributed by atoms with Crippen molar-refractivity contribution >= 4 is 0 Å². The van der Waals surface area contributed by atoms with Crippen LogP contribution in [0.3, 0.4) is 0 Å². The van der Waals surface area contributed by atoms with Gasteiger partial charge in [-0.25, -0.2) is 0 Å². The topological polar surface area (TPSA) is 43.1 Å². The van der Waals surface area contributed by atoms with Crippen LogP contribution in [0.4, 0.5) is 0 Å². The van der Waals surface area contributed by atoms with Gasteiger partial charge in [-0.1, -0.05) is 67.6 Å². The molecule has 102 valence electrons. The summed E-state index contributed by atoms with van der Waals surface area (Å²) in [4.78, 5) is 11.2. The van der Waals surface area contributed by atoms with Gasteiger partial charge in [0.2, 0.25) is 6.04 Å². The molecule has 1 aliphatic carbocycles. The number of benzene rings is 2. The van der Waals surface area contributed by atoms with Crippen molar-refractivity contribution in [3.8, 4) is 0 Å². The normalized spacial score (nSPS) is 28.6. The molecule has 2 aromatic carbocycles. The van der Waals surface area contributed by atoms with E-state index in [0.29, 0.717) is 0 Å². The molecule has 3 rings (SSSR count). The number of hydrogen-bond donors (Lipinski definition) is 0. The monoisotopic (exact) mass is 267 g/mol. The van der Waals surface area contributed by atoms with Crippen molar-refractivity contribution in [3.63, 3.8) is 0 Å². The van der Waals surface area contributed by atoms with Crippen molar-refractivity contribution in [3.05, 3.63) is 81.9 Å². The number of nitrogens with zero attached hydrogens (tertiary/aromatic N) is 1. The predicted molar refractivity (Wildman–Crippen MR) is 78.3 cm³/mol. The molecule has 0 bridgehead atoms. The van der Waals surface area contributed by atoms with Crippen molar-refractivity contribution in [1.29, 1.82) is 0 Å². The highest BCUT2D eigenvalue weighted by molar-refractivity contribution is 5.35. The Morgan fingerprint density at radius 1 is 0.850 bits per heavy atom. The Bertz CT molecular complexity index is 597. The van der Waals surface area contributed by atoms with Crippen LogP contribution < -0.4 is 0 Å². The predicted octanol–water partition coefficient (Wildman–Crippen LogP) is 3.85. The molecule has 1 aliphatic rings. The van der Waals surface area contributed by atoms with Crippen molar-refractivity contribution < 1.29 is 4.92 Å². The number of rotatable bonds is 3. The summed E-state index contributed by atoms with van der Waals surface area (Å²) in [5.74, 6) is 0.273. The summed E-state index contributed by atoms with van der Waals surface area (Å²) in [5, 5.41) is 11.4. The molecule has 0 amide bonds.